The van der Waals surface area contributed by atoms with Crippen LogP contribution in [0.2, 0.25) is 0 Å². The minimum atomic E-state index is 0.931. The highest BCUT2D eigenvalue weighted by Gasteiger charge is 2.12. The average molecular weight is 152 g/mol. The second-order valence-corrected chi connectivity index (χ2v) is 2.95. The van der Waals surface area contributed by atoms with E-state index in [1.807, 2.05) is 0 Å². The van der Waals surface area contributed by atoms with E-state index in [1.54, 1.807) is 6.20 Å². The SMILES string of the molecule is c1ncc(CN2CCCC2)o1. The van der Waals surface area contributed by atoms with E-state index in [-0.39, 0.29) is 0 Å². The van der Waals surface area contributed by atoms with Crippen molar-refractivity contribution in [3.8, 4) is 0 Å². The lowest BCUT2D eigenvalue weighted by atomic mass is 10.4. The van der Waals surface area contributed by atoms with Gasteiger partial charge in [0.15, 0.2) is 6.39 Å². The lowest BCUT2D eigenvalue weighted by molar-refractivity contribution is 0.297. The minimum absolute atomic E-state index is 0.931. The molecule has 0 unspecified atom stereocenters. The number of hydrogen-bond donors (Lipinski definition) is 0. The van der Waals surface area contributed by atoms with Crippen molar-refractivity contribution in [1.82, 2.24) is 9.88 Å². The summed E-state index contributed by atoms with van der Waals surface area (Å²) in [5.74, 6) is 0.979. The maximum atomic E-state index is 5.14. The van der Waals surface area contributed by atoms with Crippen molar-refractivity contribution in [3.63, 3.8) is 0 Å². The molecule has 0 spiro atoms. The first-order valence-corrected chi connectivity index (χ1v) is 4.05. The van der Waals surface area contributed by atoms with E-state index < -0.39 is 0 Å². The predicted molar refractivity (Wildman–Crippen MR) is 41.0 cm³/mol. The predicted octanol–water partition coefficient (Wildman–Crippen LogP) is 1.27. The van der Waals surface area contributed by atoms with E-state index in [0.717, 1.165) is 12.3 Å². The van der Waals surface area contributed by atoms with Crippen LogP contribution in [-0.4, -0.2) is 23.0 Å². The van der Waals surface area contributed by atoms with Crippen molar-refractivity contribution in [3.05, 3.63) is 18.4 Å². The summed E-state index contributed by atoms with van der Waals surface area (Å²) in [7, 11) is 0. The van der Waals surface area contributed by atoms with E-state index in [1.165, 1.54) is 32.3 Å². The topological polar surface area (TPSA) is 29.3 Å². The Hall–Kier alpha value is -0.830. The van der Waals surface area contributed by atoms with Crippen LogP contribution in [0.4, 0.5) is 0 Å². The molecule has 3 heteroatoms. The number of nitrogens with zero attached hydrogens (tertiary/aromatic N) is 2. The van der Waals surface area contributed by atoms with Crippen molar-refractivity contribution in [2.75, 3.05) is 13.1 Å². The Morgan fingerprint density at radius 2 is 2.27 bits per heavy atom. The summed E-state index contributed by atoms with van der Waals surface area (Å²) >= 11 is 0. The zero-order valence-corrected chi connectivity index (χ0v) is 6.49. The molecule has 3 nitrogen and oxygen atoms in total. The average Bonchev–Trinajstić information content (AvgIpc) is 2.60. The van der Waals surface area contributed by atoms with Gasteiger partial charge in [0.05, 0.1) is 12.7 Å². The molecule has 60 valence electrons. The molecule has 0 amide bonds. The monoisotopic (exact) mass is 152 g/mol. The minimum Gasteiger partial charge on any atom is -0.447 e. The molecule has 1 fully saturated rings. The summed E-state index contributed by atoms with van der Waals surface area (Å²) in [5, 5.41) is 0. The number of likely N-dealkylation sites (tertiary alicyclic amines) is 1. The van der Waals surface area contributed by atoms with Gasteiger partial charge in [-0.1, -0.05) is 0 Å². The van der Waals surface area contributed by atoms with Gasteiger partial charge in [0.2, 0.25) is 0 Å². The molecular weight excluding hydrogens is 140 g/mol. The fourth-order valence-electron chi connectivity index (χ4n) is 1.48. The third-order valence-electron chi connectivity index (χ3n) is 2.06. The molecule has 0 N–H and O–H groups in total. The second kappa shape index (κ2) is 3.05. The Morgan fingerprint density at radius 1 is 1.45 bits per heavy atom. The van der Waals surface area contributed by atoms with E-state index in [0.29, 0.717) is 0 Å². The van der Waals surface area contributed by atoms with Crippen LogP contribution in [0.15, 0.2) is 17.0 Å². The Morgan fingerprint density at radius 3 is 2.91 bits per heavy atom. The van der Waals surface area contributed by atoms with E-state index in [9.17, 15) is 0 Å². The molecule has 0 aliphatic carbocycles. The first-order chi connectivity index (χ1) is 5.45. The molecule has 11 heavy (non-hydrogen) atoms. The van der Waals surface area contributed by atoms with Crippen molar-refractivity contribution >= 4 is 0 Å². The lowest BCUT2D eigenvalue weighted by Gasteiger charge is -2.10. The highest BCUT2D eigenvalue weighted by molar-refractivity contribution is 4.88. The van der Waals surface area contributed by atoms with Crippen LogP contribution in [0.5, 0.6) is 0 Å². The standard InChI is InChI=1S/C8H12N2O/c1-2-4-10(3-1)6-8-5-9-7-11-8/h5,7H,1-4,6H2. The molecule has 1 saturated heterocycles. The molecule has 0 aromatic carbocycles. The van der Waals surface area contributed by atoms with Gasteiger partial charge in [-0.2, -0.15) is 0 Å². The van der Waals surface area contributed by atoms with Gasteiger partial charge in [-0.3, -0.25) is 4.90 Å². The summed E-state index contributed by atoms with van der Waals surface area (Å²) in [5.41, 5.74) is 0. The van der Waals surface area contributed by atoms with Gasteiger partial charge in [-0.05, 0) is 25.9 Å². The van der Waals surface area contributed by atoms with Crippen LogP contribution in [0.1, 0.15) is 18.6 Å². The fourth-order valence-corrected chi connectivity index (χ4v) is 1.48. The van der Waals surface area contributed by atoms with Gasteiger partial charge < -0.3 is 4.42 Å². The maximum absolute atomic E-state index is 5.14. The lowest BCUT2D eigenvalue weighted by Crippen LogP contribution is -2.17. The molecule has 0 atom stereocenters. The highest BCUT2D eigenvalue weighted by atomic mass is 16.3. The van der Waals surface area contributed by atoms with Gasteiger partial charge >= 0.3 is 0 Å². The van der Waals surface area contributed by atoms with E-state index >= 15 is 0 Å². The van der Waals surface area contributed by atoms with Gasteiger partial charge in [0.1, 0.15) is 5.76 Å². The van der Waals surface area contributed by atoms with Crippen molar-refractivity contribution in [2.45, 2.75) is 19.4 Å². The molecule has 0 bridgehead atoms. The van der Waals surface area contributed by atoms with Gasteiger partial charge in [-0.15, -0.1) is 0 Å². The zero-order chi connectivity index (χ0) is 7.52. The molecule has 1 aromatic heterocycles. The van der Waals surface area contributed by atoms with Gasteiger partial charge in [-0.25, -0.2) is 4.98 Å². The van der Waals surface area contributed by atoms with Crippen LogP contribution in [0.25, 0.3) is 0 Å². The van der Waals surface area contributed by atoms with Crippen molar-refractivity contribution in [1.29, 1.82) is 0 Å². The number of rotatable bonds is 2. The smallest absolute Gasteiger partial charge is 0.180 e. The summed E-state index contributed by atoms with van der Waals surface area (Å²) in [6.07, 6.45) is 5.94. The van der Waals surface area contributed by atoms with E-state index in [4.69, 9.17) is 4.42 Å². The van der Waals surface area contributed by atoms with Crippen LogP contribution in [0, 0.1) is 0 Å². The largest absolute Gasteiger partial charge is 0.447 e. The van der Waals surface area contributed by atoms with Crippen molar-refractivity contribution in [2.24, 2.45) is 0 Å². The first kappa shape index (κ1) is 6.85. The van der Waals surface area contributed by atoms with Gasteiger partial charge in [0.25, 0.3) is 0 Å². The Kier molecular flexibility index (Phi) is 1.90. The first-order valence-electron chi connectivity index (χ1n) is 4.05. The second-order valence-electron chi connectivity index (χ2n) is 2.95. The van der Waals surface area contributed by atoms with Crippen LogP contribution < -0.4 is 0 Å². The molecule has 0 saturated carbocycles. The highest BCUT2D eigenvalue weighted by Crippen LogP contribution is 2.11. The van der Waals surface area contributed by atoms with Crippen LogP contribution >= 0.6 is 0 Å². The molecule has 1 aromatic rings. The molecule has 1 aliphatic rings. The Balaban J connectivity index is 1.90. The summed E-state index contributed by atoms with van der Waals surface area (Å²) in [4.78, 5) is 6.26. The van der Waals surface area contributed by atoms with Crippen LogP contribution in [-0.2, 0) is 6.54 Å². The van der Waals surface area contributed by atoms with Crippen molar-refractivity contribution < 1.29 is 4.42 Å². The molecular formula is C8H12N2O. The van der Waals surface area contributed by atoms with E-state index in [2.05, 4.69) is 9.88 Å². The number of oxazole rings is 1. The molecule has 1 aliphatic heterocycles. The Bertz CT molecular complexity index is 202. The third kappa shape index (κ3) is 1.60. The quantitative estimate of drug-likeness (QED) is 0.639. The molecule has 2 rings (SSSR count). The summed E-state index contributed by atoms with van der Waals surface area (Å²) < 4.78 is 5.14. The summed E-state index contributed by atoms with van der Waals surface area (Å²) in [6, 6.07) is 0. The number of hydrogen-bond acceptors (Lipinski definition) is 3. The summed E-state index contributed by atoms with van der Waals surface area (Å²) in [6.45, 7) is 3.35. The fraction of sp³-hybridized carbons (Fsp3) is 0.625. The molecule has 0 radical (unpaired) electrons. The third-order valence-corrected chi connectivity index (χ3v) is 2.06. The normalized spacial score (nSPS) is 19.3. The van der Waals surface area contributed by atoms with Gasteiger partial charge in [0, 0.05) is 0 Å². The number of aromatic nitrogens is 1. The van der Waals surface area contributed by atoms with Crippen LogP contribution in [0.3, 0.4) is 0 Å². The Labute approximate surface area is 66.0 Å². The maximum Gasteiger partial charge on any atom is 0.180 e. The zero-order valence-electron chi connectivity index (χ0n) is 6.49. The molecule has 2 heterocycles.